The molecule has 0 N–H and O–H groups in total. The van der Waals surface area contributed by atoms with Crippen LogP contribution in [0, 0.1) is 0 Å². The van der Waals surface area contributed by atoms with Gasteiger partial charge in [0.1, 0.15) is 15.6 Å². The van der Waals surface area contributed by atoms with Crippen LogP contribution < -0.4 is 15.6 Å². The molecule has 0 aliphatic rings. The lowest BCUT2D eigenvalue weighted by atomic mass is 9.87. The summed E-state index contributed by atoms with van der Waals surface area (Å²) in [6.45, 7) is 20.5. The zero-order chi connectivity index (χ0) is 23.0. The predicted molar refractivity (Wildman–Crippen MR) is 140 cm³/mol. The summed E-state index contributed by atoms with van der Waals surface area (Å²) in [4.78, 5) is 0. The second-order valence-electron chi connectivity index (χ2n) is 11.9. The fourth-order valence-corrected chi connectivity index (χ4v) is 6.41. The Morgan fingerprint density at radius 3 is 0.710 bits per heavy atom. The first-order chi connectivity index (χ1) is 14.3. The molecule has 31 heavy (non-hydrogen) atoms. The van der Waals surface area contributed by atoms with Crippen LogP contribution in [-0.2, 0) is 16.2 Å². The van der Waals surface area contributed by atoms with Crippen LogP contribution in [0.15, 0.2) is 72.8 Å². The lowest BCUT2D eigenvalue weighted by Crippen LogP contribution is -2.52. The predicted octanol–water partition coefficient (Wildman–Crippen LogP) is 6.10. The van der Waals surface area contributed by atoms with E-state index >= 15 is 0 Å². The van der Waals surface area contributed by atoms with E-state index in [2.05, 4.69) is 135 Å². The van der Waals surface area contributed by atoms with Crippen LogP contribution in [0.2, 0.25) is 0 Å². The molecule has 0 aliphatic heterocycles. The molecule has 1 heteroatoms. The molecule has 0 bridgehead atoms. The van der Waals surface area contributed by atoms with E-state index in [9.17, 15) is 0 Å². The maximum atomic E-state index is 2.37. The Hall–Kier alpha value is -2.12. The zero-order valence-corrected chi connectivity index (χ0v) is 21.9. The van der Waals surface area contributed by atoms with Crippen molar-refractivity contribution in [3.05, 3.63) is 89.5 Å². The summed E-state index contributed by atoms with van der Waals surface area (Å²) in [6, 6.07) is 28.2. The summed E-state index contributed by atoms with van der Waals surface area (Å²) in [7, 11) is -1.06. The second kappa shape index (κ2) is 8.43. The van der Waals surface area contributed by atoms with Crippen molar-refractivity contribution in [3.8, 4) is 0 Å². The van der Waals surface area contributed by atoms with Gasteiger partial charge in [0.25, 0.3) is 0 Å². The third kappa shape index (κ3) is 5.57. The first kappa shape index (κ1) is 23.5. The molecule has 3 aromatic carbocycles. The van der Waals surface area contributed by atoms with Gasteiger partial charge in [-0.1, -0.05) is 98.7 Å². The van der Waals surface area contributed by atoms with E-state index in [-0.39, 0.29) is 16.2 Å². The highest BCUT2D eigenvalue weighted by molar-refractivity contribution is 6.95. The molecule has 0 saturated heterocycles. The summed E-state index contributed by atoms with van der Waals surface area (Å²) in [5, 5.41) is 4.35. The highest BCUT2D eigenvalue weighted by Crippen LogP contribution is 2.23. The molecule has 0 radical (unpaired) electrons. The van der Waals surface area contributed by atoms with Crippen LogP contribution in [-0.4, -0.2) is 8.80 Å². The molecule has 0 aromatic heterocycles. The first-order valence-corrected chi connectivity index (χ1v) is 13.0. The first-order valence-electron chi connectivity index (χ1n) is 11.5. The molecule has 0 unspecified atom stereocenters. The van der Waals surface area contributed by atoms with Gasteiger partial charge >= 0.3 is 8.80 Å². The van der Waals surface area contributed by atoms with Gasteiger partial charge < -0.3 is 0 Å². The van der Waals surface area contributed by atoms with Gasteiger partial charge in [0.2, 0.25) is 0 Å². The standard InChI is InChI=1S/C30H39Si/c1-28(2,3)22-10-16-25(17-11-22)31(26-18-12-23(13-19-26)29(4,5)6)27-20-14-24(15-21-27)30(7,8)9/h10-21H,1-9H3/q+1. The quantitative estimate of drug-likeness (QED) is 0.350. The lowest BCUT2D eigenvalue weighted by Gasteiger charge is -2.20. The van der Waals surface area contributed by atoms with Crippen molar-refractivity contribution < 1.29 is 0 Å². The van der Waals surface area contributed by atoms with Crippen molar-refractivity contribution >= 4 is 24.4 Å². The van der Waals surface area contributed by atoms with Crippen LogP contribution in [0.3, 0.4) is 0 Å². The number of benzene rings is 3. The number of hydrogen-bond acceptors (Lipinski definition) is 0. The lowest BCUT2D eigenvalue weighted by molar-refractivity contribution is 0.590. The highest BCUT2D eigenvalue weighted by Gasteiger charge is 2.37. The largest absolute Gasteiger partial charge is 0.428 e. The molecule has 0 atom stereocenters. The highest BCUT2D eigenvalue weighted by atomic mass is 28.3. The normalized spacial score (nSPS) is 12.7. The molecule has 0 aliphatic carbocycles. The van der Waals surface area contributed by atoms with E-state index in [4.69, 9.17) is 0 Å². The fourth-order valence-electron chi connectivity index (χ4n) is 3.91. The third-order valence-corrected chi connectivity index (χ3v) is 8.85. The van der Waals surface area contributed by atoms with Gasteiger partial charge in [-0.2, -0.15) is 0 Å². The van der Waals surface area contributed by atoms with Gasteiger partial charge in [-0.05, 0) is 69.3 Å². The van der Waals surface area contributed by atoms with Crippen LogP contribution in [0.1, 0.15) is 79.0 Å². The van der Waals surface area contributed by atoms with Crippen molar-refractivity contribution in [2.75, 3.05) is 0 Å². The third-order valence-electron chi connectivity index (χ3n) is 6.12. The Bertz CT molecular complexity index is 850. The minimum atomic E-state index is -1.06. The molecule has 162 valence electrons. The van der Waals surface area contributed by atoms with Gasteiger partial charge in [0.15, 0.2) is 0 Å². The summed E-state index contributed by atoms with van der Waals surface area (Å²) < 4.78 is 0. The summed E-state index contributed by atoms with van der Waals surface area (Å²) >= 11 is 0. The summed E-state index contributed by atoms with van der Waals surface area (Å²) in [6.07, 6.45) is 0. The smallest absolute Gasteiger partial charge is 0.0561 e. The van der Waals surface area contributed by atoms with Gasteiger partial charge in [0, 0.05) is 0 Å². The van der Waals surface area contributed by atoms with Crippen LogP contribution >= 0.6 is 0 Å². The van der Waals surface area contributed by atoms with Crippen molar-refractivity contribution in [1.82, 2.24) is 0 Å². The molecule has 0 amide bonds. The second-order valence-corrected chi connectivity index (χ2v) is 14.3. The molecular weight excluding hydrogens is 388 g/mol. The zero-order valence-electron chi connectivity index (χ0n) is 20.9. The van der Waals surface area contributed by atoms with Crippen molar-refractivity contribution in [2.45, 2.75) is 78.6 Å². The number of hydrogen-bond donors (Lipinski definition) is 0. The van der Waals surface area contributed by atoms with E-state index in [1.165, 1.54) is 32.3 Å². The van der Waals surface area contributed by atoms with E-state index in [1.54, 1.807) is 0 Å². The van der Waals surface area contributed by atoms with Crippen LogP contribution in [0.4, 0.5) is 0 Å². The van der Waals surface area contributed by atoms with Gasteiger partial charge in [-0.25, -0.2) is 0 Å². The SMILES string of the molecule is CC(C)(C)c1ccc([Si+](c2ccc(C(C)(C)C)cc2)c2ccc(C(C)(C)C)cc2)cc1. The minimum absolute atomic E-state index is 0.175. The van der Waals surface area contributed by atoms with E-state index in [0.29, 0.717) is 0 Å². The molecule has 0 spiro atoms. The number of rotatable bonds is 3. The average Bonchev–Trinajstić information content (AvgIpc) is 2.67. The van der Waals surface area contributed by atoms with E-state index in [0.717, 1.165) is 0 Å². The Kier molecular flexibility index (Phi) is 6.40. The van der Waals surface area contributed by atoms with Crippen molar-refractivity contribution in [3.63, 3.8) is 0 Å². The van der Waals surface area contributed by atoms with E-state index < -0.39 is 8.80 Å². The molecule has 0 heterocycles. The topological polar surface area (TPSA) is 0 Å². The Morgan fingerprint density at radius 1 is 0.355 bits per heavy atom. The Morgan fingerprint density at radius 2 is 0.548 bits per heavy atom. The maximum absolute atomic E-state index is 2.37. The summed E-state index contributed by atoms with van der Waals surface area (Å²) in [5.41, 5.74) is 4.70. The molecular formula is C30H39Si+. The van der Waals surface area contributed by atoms with Gasteiger partial charge in [-0.15, -0.1) is 0 Å². The Labute approximate surface area is 192 Å². The fraction of sp³-hybridized carbons (Fsp3) is 0.400. The maximum Gasteiger partial charge on any atom is 0.428 e. The molecule has 3 aromatic rings. The average molecular weight is 428 g/mol. The van der Waals surface area contributed by atoms with Crippen molar-refractivity contribution in [2.24, 2.45) is 0 Å². The minimum Gasteiger partial charge on any atom is -0.0561 e. The monoisotopic (exact) mass is 427 g/mol. The summed E-state index contributed by atoms with van der Waals surface area (Å²) in [5.74, 6) is 0. The Balaban J connectivity index is 2.08. The van der Waals surface area contributed by atoms with Crippen molar-refractivity contribution in [1.29, 1.82) is 0 Å². The molecule has 3 rings (SSSR count). The molecule has 0 fully saturated rings. The van der Waals surface area contributed by atoms with Crippen LogP contribution in [0.25, 0.3) is 0 Å². The van der Waals surface area contributed by atoms with Gasteiger partial charge in [-0.3, -0.25) is 0 Å². The molecule has 0 saturated carbocycles. The molecule has 0 nitrogen and oxygen atoms in total. The van der Waals surface area contributed by atoms with Crippen LogP contribution in [0.5, 0.6) is 0 Å². The van der Waals surface area contributed by atoms with E-state index in [1.807, 2.05) is 0 Å². The van der Waals surface area contributed by atoms with Gasteiger partial charge in [0.05, 0.1) is 0 Å².